The highest BCUT2D eigenvalue weighted by atomic mass is 16.1. The van der Waals surface area contributed by atoms with Gasteiger partial charge in [0.15, 0.2) is 0 Å². The molecule has 1 heterocycles. The minimum absolute atomic E-state index is 0.762. The first-order chi connectivity index (χ1) is 9.56. The van der Waals surface area contributed by atoms with Gasteiger partial charge in [0.25, 0.3) is 0 Å². The van der Waals surface area contributed by atoms with E-state index in [4.69, 9.17) is 0 Å². The zero-order chi connectivity index (χ0) is 14.7. The maximum atomic E-state index is 11.0. The predicted molar refractivity (Wildman–Crippen MR) is 84.0 cm³/mol. The van der Waals surface area contributed by atoms with Crippen LogP contribution in [0.3, 0.4) is 0 Å². The van der Waals surface area contributed by atoms with E-state index in [9.17, 15) is 4.79 Å². The van der Waals surface area contributed by atoms with E-state index in [1.165, 1.54) is 30.8 Å². The van der Waals surface area contributed by atoms with Crippen LogP contribution >= 0.6 is 0 Å². The lowest BCUT2D eigenvalue weighted by Crippen LogP contribution is -3.17. The Morgan fingerprint density at radius 1 is 1.25 bits per heavy atom. The number of quaternary nitrogens is 1. The van der Waals surface area contributed by atoms with Crippen LogP contribution in [0.15, 0.2) is 12.1 Å². The van der Waals surface area contributed by atoms with Crippen molar-refractivity contribution in [2.75, 3.05) is 31.1 Å². The fourth-order valence-corrected chi connectivity index (χ4v) is 3.11. The molecule has 20 heavy (non-hydrogen) atoms. The van der Waals surface area contributed by atoms with Crippen molar-refractivity contribution >= 4 is 12.0 Å². The summed E-state index contributed by atoms with van der Waals surface area (Å²) < 4.78 is 0. The molecule has 0 bridgehead atoms. The first-order valence-electron chi connectivity index (χ1n) is 7.72. The number of benzene rings is 1. The highest BCUT2D eigenvalue weighted by Crippen LogP contribution is 2.23. The van der Waals surface area contributed by atoms with Crippen molar-refractivity contribution < 1.29 is 9.69 Å². The van der Waals surface area contributed by atoms with Crippen molar-refractivity contribution in [3.05, 3.63) is 28.8 Å². The number of nitrogens with one attached hydrogen (secondary N) is 1. The van der Waals surface area contributed by atoms with Crippen molar-refractivity contribution in [1.82, 2.24) is 0 Å². The molecule has 1 atom stereocenters. The maximum absolute atomic E-state index is 11.0. The Balaban J connectivity index is 2.11. The summed E-state index contributed by atoms with van der Waals surface area (Å²) in [5, 5.41) is 0. The lowest BCUT2D eigenvalue weighted by molar-refractivity contribution is -0.924. The van der Waals surface area contributed by atoms with E-state index in [0.717, 1.165) is 36.5 Å². The molecule has 3 nitrogen and oxygen atoms in total. The number of aldehydes is 1. The second-order valence-electron chi connectivity index (χ2n) is 6.07. The smallest absolute Gasteiger partial charge is 0.150 e. The molecule has 1 aliphatic heterocycles. The van der Waals surface area contributed by atoms with Crippen molar-refractivity contribution in [3.8, 4) is 0 Å². The van der Waals surface area contributed by atoms with E-state index in [0.29, 0.717) is 0 Å². The molecule has 0 radical (unpaired) electrons. The molecule has 3 heteroatoms. The molecule has 1 aromatic rings. The predicted octanol–water partition coefficient (Wildman–Crippen LogP) is 1.62. The van der Waals surface area contributed by atoms with Gasteiger partial charge in [-0.25, -0.2) is 0 Å². The third-order valence-corrected chi connectivity index (χ3v) is 4.77. The van der Waals surface area contributed by atoms with E-state index in [-0.39, 0.29) is 0 Å². The minimum atomic E-state index is 0.762. The van der Waals surface area contributed by atoms with Crippen LogP contribution in [0.5, 0.6) is 0 Å². The molecule has 1 saturated heterocycles. The number of rotatable bonds is 4. The van der Waals surface area contributed by atoms with Crippen LogP contribution in [0.25, 0.3) is 0 Å². The zero-order valence-corrected chi connectivity index (χ0v) is 13.2. The largest absolute Gasteiger partial charge is 0.360 e. The third kappa shape index (κ3) is 3.04. The first-order valence-corrected chi connectivity index (χ1v) is 7.72. The van der Waals surface area contributed by atoms with Gasteiger partial charge in [0.1, 0.15) is 6.29 Å². The highest BCUT2D eigenvalue weighted by molar-refractivity contribution is 5.79. The molecule has 0 unspecified atom stereocenters. The average Bonchev–Trinajstić information content (AvgIpc) is 2.48. The lowest BCUT2D eigenvalue weighted by atomic mass is 10.0. The summed E-state index contributed by atoms with van der Waals surface area (Å²) in [7, 11) is 0. The van der Waals surface area contributed by atoms with Gasteiger partial charge < -0.3 is 9.80 Å². The first kappa shape index (κ1) is 15.0. The second-order valence-corrected chi connectivity index (χ2v) is 6.07. The van der Waals surface area contributed by atoms with Crippen LogP contribution in [0.2, 0.25) is 0 Å². The number of hydrogen-bond donors (Lipinski definition) is 1. The Morgan fingerprint density at radius 3 is 2.45 bits per heavy atom. The monoisotopic (exact) mass is 275 g/mol. The van der Waals surface area contributed by atoms with Crippen LogP contribution in [0, 0.1) is 13.8 Å². The van der Waals surface area contributed by atoms with Gasteiger partial charge >= 0.3 is 0 Å². The van der Waals surface area contributed by atoms with E-state index >= 15 is 0 Å². The van der Waals surface area contributed by atoms with Gasteiger partial charge in [-0.3, -0.25) is 4.79 Å². The van der Waals surface area contributed by atoms with Crippen molar-refractivity contribution in [1.29, 1.82) is 0 Å². The number of carbonyl (C=O) groups excluding carboxylic acids is 1. The van der Waals surface area contributed by atoms with Crippen LogP contribution in [-0.4, -0.2) is 38.5 Å². The van der Waals surface area contributed by atoms with E-state index in [1.807, 2.05) is 13.0 Å². The molecule has 1 aromatic carbocycles. The third-order valence-electron chi connectivity index (χ3n) is 4.77. The molecule has 2 rings (SSSR count). The summed E-state index contributed by atoms with van der Waals surface area (Å²) in [6, 6.07) is 4.95. The van der Waals surface area contributed by atoms with Gasteiger partial charge in [0.05, 0.1) is 32.2 Å². The molecular formula is C17H27N2O+. The van der Waals surface area contributed by atoms with Crippen molar-refractivity contribution in [2.24, 2.45) is 0 Å². The summed E-state index contributed by atoms with van der Waals surface area (Å²) in [4.78, 5) is 15.2. The molecule has 1 aliphatic rings. The van der Waals surface area contributed by atoms with Crippen LogP contribution in [0.4, 0.5) is 5.69 Å². The number of hydrogen-bond acceptors (Lipinski definition) is 2. The molecule has 0 saturated carbocycles. The molecule has 0 aromatic heterocycles. The van der Waals surface area contributed by atoms with Gasteiger partial charge in [0, 0.05) is 11.3 Å². The SMILES string of the molecule is CC[C@@H](C)[NH+]1CCN(c2cc(C)c(C=O)cc2C)CC1. The number of piperazine rings is 1. The van der Waals surface area contributed by atoms with Crippen molar-refractivity contribution in [3.63, 3.8) is 0 Å². The van der Waals surface area contributed by atoms with Crippen LogP contribution < -0.4 is 9.80 Å². The van der Waals surface area contributed by atoms with Gasteiger partial charge in [-0.05, 0) is 50.5 Å². The van der Waals surface area contributed by atoms with Gasteiger partial charge in [-0.15, -0.1) is 0 Å². The topological polar surface area (TPSA) is 24.8 Å². The molecule has 1 N–H and O–H groups in total. The molecule has 0 aliphatic carbocycles. The van der Waals surface area contributed by atoms with E-state index in [2.05, 4.69) is 31.7 Å². The minimum Gasteiger partial charge on any atom is -0.360 e. The number of aryl methyl sites for hydroxylation is 2. The Bertz CT molecular complexity index is 476. The summed E-state index contributed by atoms with van der Waals surface area (Å²) in [5.41, 5.74) is 4.41. The Morgan fingerprint density at radius 2 is 1.90 bits per heavy atom. The number of carbonyl (C=O) groups is 1. The van der Waals surface area contributed by atoms with E-state index < -0.39 is 0 Å². The summed E-state index contributed by atoms with van der Waals surface area (Å²) in [6.45, 7) is 13.4. The second kappa shape index (κ2) is 6.40. The van der Waals surface area contributed by atoms with Crippen LogP contribution in [0.1, 0.15) is 41.8 Å². The number of nitrogens with zero attached hydrogens (tertiary/aromatic N) is 1. The van der Waals surface area contributed by atoms with Gasteiger partial charge in [-0.2, -0.15) is 0 Å². The normalized spacial score (nSPS) is 18.1. The molecule has 0 amide bonds. The summed E-state index contributed by atoms with van der Waals surface area (Å²) in [6.07, 6.45) is 2.21. The lowest BCUT2D eigenvalue weighted by Gasteiger charge is -2.37. The highest BCUT2D eigenvalue weighted by Gasteiger charge is 2.24. The quantitative estimate of drug-likeness (QED) is 0.845. The standard InChI is InChI=1S/C17H26N2O/c1-5-15(4)18-6-8-19(9-7-18)17-11-13(2)16(12-20)10-14(17)3/h10-12,15H,5-9H2,1-4H3/p+1/t15-/m1/s1. The Hall–Kier alpha value is -1.35. The van der Waals surface area contributed by atoms with Gasteiger partial charge in [0.2, 0.25) is 0 Å². The average molecular weight is 275 g/mol. The molecule has 110 valence electrons. The Labute approximate surface area is 122 Å². The molecular weight excluding hydrogens is 248 g/mol. The fourth-order valence-electron chi connectivity index (χ4n) is 3.11. The summed E-state index contributed by atoms with van der Waals surface area (Å²) >= 11 is 0. The van der Waals surface area contributed by atoms with Gasteiger partial charge in [-0.1, -0.05) is 6.92 Å². The zero-order valence-electron chi connectivity index (χ0n) is 13.2. The molecule has 1 fully saturated rings. The van der Waals surface area contributed by atoms with Crippen molar-refractivity contribution in [2.45, 2.75) is 40.2 Å². The number of anilines is 1. The maximum Gasteiger partial charge on any atom is 0.150 e. The summed E-state index contributed by atoms with van der Waals surface area (Å²) in [5.74, 6) is 0. The molecule has 0 spiro atoms. The van der Waals surface area contributed by atoms with E-state index in [1.54, 1.807) is 4.90 Å². The Kier molecular flexibility index (Phi) is 4.81. The van der Waals surface area contributed by atoms with Crippen LogP contribution in [-0.2, 0) is 0 Å². The fraction of sp³-hybridized carbons (Fsp3) is 0.588.